The minimum atomic E-state index is -0.592. The summed E-state index contributed by atoms with van der Waals surface area (Å²) in [4.78, 5) is 14.5. The van der Waals surface area contributed by atoms with Crippen molar-refractivity contribution in [2.24, 2.45) is 0 Å². The Bertz CT molecular complexity index is 722. The minimum absolute atomic E-state index is 0.188. The van der Waals surface area contributed by atoms with Crippen LogP contribution < -0.4 is 4.74 Å². The summed E-state index contributed by atoms with van der Waals surface area (Å²) in [7, 11) is 0. The highest BCUT2D eigenvalue weighted by atomic mass is 35.5. The summed E-state index contributed by atoms with van der Waals surface area (Å²) in [6, 6.07) is 8.51. The van der Waals surface area contributed by atoms with E-state index in [4.69, 9.17) is 16.3 Å². The number of aliphatic hydroxyl groups is 1. The molecule has 1 N–H and O–H groups in total. The first-order valence-corrected chi connectivity index (χ1v) is 7.96. The molecule has 2 aliphatic rings. The van der Waals surface area contributed by atoms with E-state index in [-0.39, 0.29) is 11.9 Å². The highest BCUT2D eigenvalue weighted by Crippen LogP contribution is 2.34. The number of aromatic nitrogens is 2. The molecule has 1 aromatic heterocycles. The van der Waals surface area contributed by atoms with Crippen LogP contribution in [0.1, 0.15) is 28.5 Å². The number of carbonyl (C=O) groups is 1. The van der Waals surface area contributed by atoms with E-state index in [1.54, 1.807) is 27.8 Å². The molecular formula is C16H16ClN3O3. The van der Waals surface area contributed by atoms with Gasteiger partial charge in [-0.3, -0.25) is 4.79 Å². The van der Waals surface area contributed by atoms with E-state index < -0.39 is 6.10 Å². The first kappa shape index (κ1) is 14.5. The molecule has 2 aromatic rings. The number of rotatable bonds is 2. The molecule has 23 heavy (non-hydrogen) atoms. The molecule has 1 amide bonds. The zero-order chi connectivity index (χ0) is 16.0. The van der Waals surface area contributed by atoms with Gasteiger partial charge in [0.15, 0.2) is 5.69 Å². The fraction of sp³-hybridized carbons (Fsp3) is 0.375. The Kier molecular flexibility index (Phi) is 3.50. The van der Waals surface area contributed by atoms with Gasteiger partial charge in [0.25, 0.3) is 5.91 Å². The van der Waals surface area contributed by atoms with Crippen LogP contribution in [0.2, 0.25) is 5.02 Å². The van der Waals surface area contributed by atoms with Crippen LogP contribution in [-0.2, 0) is 6.54 Å². The fourth-order valence-corrected chi connectivity index (χ4v) is 3.36. The number of likely N-dealkylation sites (tertiary alicyclic amines) is 1. The number of fused-ring (bicyclic) bond motifs is 1. The van der Waals surface area contributed by atoms with Crippen molar-refractivity contribution in [3.8, 4) is 5.88 Å². The molecule has 1 aromatic carbocycles. The van der Waals surface area contributed by atoms with Gasteiger partial charge in [-0.25, -0.2) is 4.68 Å². The van der Waals surface area contributed by atoms with E-state index in [1.807, 2.05) is 12.1 Å². The van der Waals surface area contributed by atoms with E-state index in [0.29, 0.717) is 42.7 Å². The van der Waals surface area contributed by atoms with Crippen LogP contribution in [0.4, 0.5) is 0 Å². The molecule has 3 heterocycles. The number of amides is 1. The Morgan fingerprint density at radius 3 is 2.83 bits per heavy atom. The molecule has 7 heteroatoms. The molecule has 1 saturated heterocycles. The summed E-state index contributed by atoms with van der Waals surface area (Å²) in [6.45, 7) is 1.74. The van der Waals surface area contributed by atoms with Crippen molar-refractivity contribution in [2.75, 3.05) is 13.2 Å². The topological polar surface area (TPSA) is 67.6 Å². The Morgan fingerprint density at radius 2 is 2.09 bits per heavy atom. The second-order valence-corrected chi connectivity index (χ2v) is 6.23. The number of halogens is 1. The van der Waals surface area contributed by atoms with Gasteiger partial charge in [0.1, 0.15) is 6.61 Å². The third-order valence-corrected chi connectivity index (χ3v) is 4.61. The molecule has 1 fully saturated rings. The Hall–Kier alpha value is -2.05. The largest absolute Gasteiger partial charge is 0.476 e. The Morgan fingerprint density at radius 1 is 1.30 bits per heavy atom. The molecule has 120 valence electrons. The SMILES string of the molecule is O=C(c1cc2n(n1)CCO2)N1CC[C@@H](O)[C@H]1c1ccc(Cl)cc1. The van der Waals surface area contributed by atoms with Crippen LogP contribution >= 0.6 is 11.6 Å². The fourth-order valence-electron chi connectivity index (χ4n) is 3.23. The Balaban J connectivity index is 1.63. The lowest BCUT2D eigenvalue weighted by atomic mass is 10.0. The lowest BCUT2D eigenvalue weighted by molar-refractivity contribution is 0.0631. The number of ether oxygens (including phenoxy) is 1. The molecule has 0 radical (unpaired) electrons. The van der Waals surface area contributed by atoms with E-state index in [1.165, 1.54) is 0 Å². The number of hydrogen-bond acceptors (Lipinski definition) is 4. The standard InChI is InChI=1S/C16H16ClN3O3/c17-11-3-1-10(2-4-11)15-13(21)5-6-19(15)16(22)12-9-14-20(18-12)7-8-23-14/h1-4,9,13,15,21H,5-8H2/t13-,15-/m1/s1. The van der Waals surface area contributed by atoms with E-state index in [9.17, 15) is 9.90 Å². The summed E-state index contributed by atoms with van der Waals surface area (Å²) in [6.07, 6.45) is -0.0471. The first-order chi connectivity index (χ1) is 11.1. The van der Waals surface area contributed by atoms with Gasteiger partial charge in [0, 0.05) is 17.6 Å². The maximum atomic E-state index is 12.8. The molecule has 2 aliphatic heterocycles. The smallest absolute Gasteiger partial charge is 0.275 e. The molecule has 0 spiro atoms. The van der Waals surface area contributed by atoms with Gasteiger partial charge in [-0.15, -0.1) is 0 Å². The third-order valence-electron chi connectivity index (χ3n) is 4.35. The summed E-state index contributed by atoms with van der Waals surface area (Å²) in [5, 5.41) is 15.2. The highest BCUT2D eigenvalue weighted by Gasteiger charge is 2.38. The molecule has 4 rings (SSSR count). The number of benzene rings is 1. The predicted molar refractivity (Wildman–Crippen MR) is 83.6 cm³/mol. The van der Waals surface area contributed by atoms with Gasteiger partial charge in [-0.1, -0.05) is 23.7 Å². The monoisotopic (exact) mass is 333 g/mol. The second kappa shape index (κ2) is 5.54. The van der Waals surface area contributed by atoms with Gasteiger partial charge >= 0.3 is 0 Å². The minimum Gasteiger partial charge on any atom is -0.476 e. The van der Waals surface area contributed by atoms with Crippen LogP contribution in [0.5, 0.6) is 5.88 Å². The van der Waals surface area contributed by atoms with E-state index in [2.05, 4.69) is 5.10 Å². The summed E-state index contributed by atoms with van der Waals surface area (Å²) < 4.78 is 7.09. The molecule has 6 nitrogen and oxygen atoms in total. The van der Waals surface area contributed by atoms with Crippen LogP contribution in [0.15, 0.2) is 30.3 Å². The number of carbonyl (C=O) groups excluding carboxylic acids is 1. The average Bonchev–Trinajstić information content (AvgIpc) is 3.21. The molecule has 0 saturated carbocycles. The number of nitrogens with zero attached hydrogens (tertiary/aromatic N) is 3. The van der Waals surface area contributed by atoms with Crippen molar-refractivity contribution < 1.29 is 14.6 Å². The second-order valence-electron chi connectivity index (χ2n) is 5.79. The number of hydrogen-bond donors (Lipinski definition) is 1. The zero-order valence-electron chi connectivity index (χ0n) is 12.4. The van der Waals surface area contributed by atoms with Crippen molar-refractivity contribution in [1.29, 1.82) is 0 Å². The van der Waals surface area contributed by atoms with Gasteiger partial charge in [0.2, 0.25) is 5.88 Å². The summed E-state index contributed by atoms with van der Waals surface area (Å²) >= 11 is 5.92. The van der Waals surface area contributed by atoms with Crippen LogP contribution in [0, 0.1) is 0 Å². The molecule has 2 atom stereocenters. The van der Waals surface area contributed by atoms with Crippen molar-refractivity contribution in [2.45, 2.75) is 25.1 Å². The molecule has 0 aliphatic carbocycles. The van der Waals surface area contributed by atoms with E-state index >= 15 is 0 Å². The molecular weight excluding hydrogens is 318 g/mol. The molecule has 0 bridgehead atoms. The van der Waals surface area contributed by atoms with Gasteiger partial charge in [-0.05, 0) is 24.1 Å². The van der Waals surface area contributed by atoms with Crippen LogP contribution in [0.25, 0.3) is 0 Å². The van der Waals surface area contributed by atoms with Gasteiger partial charge in [-0.2, -0.15) is 5.10 Å². The van der Waals surface area contributed by atoms with Gasteiger partial charge in [0.05, 0.1) is 18.7 Å². The summed E-state index contributed by atoms with van der Waals surface area (Å²) in [5.74, 6) is 0.433. The maximum absolute atomic E-state index is 12.8. The Labute approximate surface area is 138 Å². The quantitative estimate of drug-likeness (QED) is 0.911. The van der Waals surface area contributed by atoms with Crippen LogP contribution in [-0.4, -0.2) is 44.9 Å². The third kappa shape index (κ3) is 2.48. The van der Waals surface area contributed by atoms with Gasteiger partial charge < -0.3 is 14.7 Å². The lowest BCUT2D eigenvalue weighted by Gasteiger charge is -2.26. The maximum Gasteiger partial charge on any atom is 0.275 e. The lowest BCUT2D eigenvalue weighted by Crippen LogP contribution is -2.33. The zero-order valence-corrected chi connectivity index (χ0v) is 13.1. The predicted octanol–water partition coefficient (Wildman–Crippen LogP) is 1.88. The first-order valence-electron chi connectivity index (χ1n) is 7.58. The highest BCUT2D eigenvalue weighted by molar-refractivity contribution is 6.30. The van der Waals surface area contributed by atoms with Crippen molar-refractivity contribution in [3.63, 3.8) is 0 Å². The molecule has 0 unspecified atom stereocenters. The van der Waals surface area contributed by atoms with Crippen LogP contribution in [0.3, 0.4) is 0 Å². The van der Waals surface area contributed by atoms with Crippen molar-refractivity contribution >= 4 is 17.5 Å². The number of aliphatic hydroxyl groups excluding tert-OH is 1. The normalized spacial score (nSPS) is 23.0. The summed E-state index contributed by atoms with van der Waals surface area (Å²) in [5.41, 5.74) is 1.23. The van der Waals surface area contributed by atoms with Crippen molar-refractivity contribution in [3.05, 3.63) is 46.6 Å². The van der Waals surface area contributed by atoms with Crippen molar-refractivity contribution in [1.82, 2.24) is 14.7 Å². The van der Waals surface area contributed by atoms with E-state index in [0.717, 1.165) is 5.56 Å². The average molecular weight is 334 g/mol.